The van der Waals surface area contributed by atoms with Gasteiger partial charge in [0.05, 0.1) is 0 Å². The van der Waals surface area contributed by atoms with Crippen molar-refractivity contribution in [2.75, 3.05) is 6.61 Å². The van der Waals surface area contributed by atoms with Gasteiger partial charge in [0.15, 0.2) is 0 Å². The van der Waals surface area contributed by atoms with E-state index in [0.717, 1.165) is 12.0 Å². The van der Waals surface area contributed by atoms with Crippen LogP contribution in [0.4, 0.5) is 0 Å². The SMILES string of the molecule is CC(Cc1ccsc1)NC(=O)c1cccc(C#CCO)c1. The number of carbonyl (C=O) groups excluding carboxylic acids is 1. The minimum absolute atomic E-state index is 0.0688. The molecular weight excluding hydrogens is 282 g/mol. The van der Waals surface area contributed by atoms with Crippen molar-refractivity contribution in [2.24, 2.45) is 0 Å². The molecule has 0 fully saturated rings. The van der Waals surface area contributed by atoms with Crippen molar-refractivity contribution in [1.29, 1.82) is 0 Å². The minimum atomic E-state index is -0.186. The lowest BCUT2D eigenvalue weighted by molar-refractivity contribution is 0.0940. The molecule has 0 aliphatic rings. The molecule has 1 atom stereocenters. The van der Waals surface area contributed by atoms with Crippen molar-refractivity contribution >= 4 is 17.2 Å². The summed E-state index contributed by atoms with van der Waals surface area (Å²) in [5.74, 6) is 5.27. The van der Waals surface area contributed by atoms with Gasteiger partial charge in [-0.3, -0.25) is 4.79 Å². The standard InChI is InChI=1S/C17H17NO2S/c1-13(10-15-7-9-21-12-15)18-17(20)16-6-2-4-14(11-16)5-3-8-19/h2,4,6-7,9,11-13,19H,8,10H2,1H3,(H,18,20). The third-order valence-electron chi connectivity index (χ3n) is 2.94. The molecule has 1 aromatic heterocycles. The molecule has 0 spiro atoms. The predicted octanol–water partition coefficient (Wildman–Crippen LogP) is 2.45. The van der Waals surface area contributed by atoms with E-state index in [9.17, 15) is 4.79 Å². The van der Waals surface area contributed by atoms with Crippen LogP contribution in [0.2, 0.25) is 0 Å². The van der Waals surface area contributed by atoms with E-state index in [1.54, 1.807) is 29.5 Å². The molecule has 0 aliphatic heterocycles. The van der Waals surface area contributed by atoms with Crippen molar-refractivity contribution in [3.8, 4) is 11.8 Å². The predicted molar refractivity (Wildman–Crippen MR) is 85.4 cm³/mol. The second-order valence-corrected chi connectivity index (χ2v) is 5.53. The fourth-order valence-corrected chi connectivity index (χ4v) is 2.68. The summed E-state index contributed by atoms with van der Waals surface area (Å²) in [5.41, 5.74) is 2.54. The number of benzene rings is 1. The van der Waals surface area contributed by atoms with Crippen LogP contribution >= 0.6 is 11.3 Å². The van der Waals surface area contributed by atoms with Crippen molar-refractivity contribution in [2.45, 2.75) is 19.4 Å². The van der Waals surface area contributed by atoms with E-state index < -0.39 is 0 Å². The first-order valence-electron chi connectivity index (χ1n) is 6.71. The molecule has 3 nitrogen and oxygen atoms in total. The second kappa shape index (κ2) is 7.63. The number of aliphatic hydroxyl groups excluding tert-OH is 1. The van der Waals surface area contributed by atoms with Crippen LogP contribution in [-0.2, 0) is 6.42 Å². The first-order valence-corrected chi connectivity index (χ1v) is 7.65. The zero-order valence-corrected chi connectivity index (χ0v) is 12.6. The lowest BCUT2D eigenvalue weighted by Crippen LogP contribution is -2.34. The quantitative estimate of drug-likeness (QED) is 0.852. The topological polar surface area (TPSA) is 49.3 Å². The maximum Gasteiger partial charge on any atom is 0.251 e. The highest BCUT2D eigenvalue weighted by Gasteiger charge is 2.10. The Morgan fingerprint density at radius 2 is 2.29 bits per heavy atom. The van der Waals surface area contributed by atoms with Crippen LogP contribution < -0.4 is 5.32 Å². The summed E-state index contributed by atoms with van der Waals surface area (Å²) < 4.78 is 0. The fraction of sp³-hybridized carbons (Fsp3) is 0.235. The van der Waals surface area contributed by atoms with Gasteiger partial charge in [0, 0.05) is 17.2 Å². The molecule has 2 aromatic rings. The number of thiophene rings is 1. The van der Waals surface area contributed by atoms with Gasteiger partial charge in [0.1, 0.15) is 6.61 Å². The number of hydrogen-bond donors (Lipinski definition) is 2. The Morgan fingerprint density at radius 1 is 1.43 bits per heavy atom. The Morgan fingerprint density at radius 3 is 3.00 bits per heavy atom. The van der Waals surface area contributed by atoms with E-state index >= 15 is 0 Å². The van der Waals surface area contributed by atoms with Crippen molar-refractivity contribution < 1.29 is 9.90 Å². The van der Waals surface area contributed by atoms with Gasteiger partial charge in [-0.2, -0.15) is 11.3 Å². The van der Waals surface area contributed by atoms with Crippen molar-refractivity contribution in [3.63, 3.8) is 0 Å². The Balaban J connectivity index is 1.99. The number of nitrogens with one attached hydrogen (secondary N) is 1. The first kappa shape index (κ1) is 15.3. The number of hydrogen-bond acceptors (Lipinski definition) is 3. The molecule has 0 bridgehead atoms. The molecule has 108 valence electrons. The van der Waals surface area contributed by atoms with Crippen LogP contribution in [-0.4, -0.2) is 23.7 Å². The maximum atomic E-state index is 12.2. The summed E-state index contributed by atoms with van der Waals surface area (Å²) in [7, 11) is 0. The third-order valence-corrected chi connectivity index (χ3v) is 3.67. The van der Waals surface area contributed by atoms with E-state index in [1.807, 2.05) is 18.4 Å². The summed E-state index contributed by atoms with van der Waals surface area (Å²) >= 11 is 1.66. The normalized spacial score (nSPS) is 11.3. The van der Waals surface area contributed by atoms with Crippen molar-refractivity contribution in [1.82, 2.24) is 5.32 Å². The van der Waals surface area contributed by atoms with Crippen LogP contribution in [0.25, 0.3) is 0 Å². The molecule has 2 rings (SSSR count). The molecule has 1 aromatic carbocycles. The smallest absolute Gasteiger partial charge is 0.251 e. The lowest BCUT2D eigenvalue weighted by Gasteiger charge is -2.13. The molecular formula is C17H17NO2S. The van der Waals surface area contributed by atoms with Gasteiger partial charge in [-0.15, -0.1) is 0 Å². The van der Waals surface area contributed by atoms with Gasteiger partial charge in [-0.25, -0.2) is 0 Å². The van der Waals surface area contributed by atoms with Crippen LogP contribution in [0.5, 0.6) is 0 Å². The molecule has 0 saturated carbocycles. The van der Waals surface area contributed by atoms with E-state index in [-0.39, 0.29) is 18.6 Å². The highest BCUT2D eigenvalue weighted by atomic mass is 32.1. The van der Waals surface area contributed by atoms with E-state index in [0.29, 0.717) is 5.56 Å². The molecule has 0 aliphatic carbocycles. The molecule has 21 heavy (non-hydrogen) atoms. The van der Waals surface area contributed by atoms with Gasteiger partial charge in [0.25, 0.3) is 5.91 Å². The molecule has 1 unspecified atom stereocenters. The Kier molecular flexibility index (Phi) is 5.56. The molecule has 1 amide bonds. The van der Waals surface area contributed by atoms with Gasteiger partial charge >= 0.3 is 0 Å². The summed E-state index contributed by atoms with van der Waals surface area (Å²) in [6.07, 6.45) is 0.819. The highest BCUT2D eigenvalue weighted by Crippen LogP contribution is 2.09. The third kappa shape index (κ3) is 4.75. The van der Waals surface area contributed by atoms with Gasteiger partial charge in [-0.05, 0) is 53.9 Å². The molecule has 4 heteroatoms. The summed E-state index contributed by atoms with van der Waals surface area (Å²) in [6, 6.07) is 9.23. The zero-order chi connectivity index (χ0) is 15.1. The molecule has 0 saturated heterocycles. The Bertz CT molecular complexity index is 653. The molecule has 1 heterocycles. The van der Waals surface area contributed by atoms with E-state index in [2.05, 4.69) is 28.6 Å². The number of amides is 1. The molecule has 0 radical (unpaired) electrons. The summed E-state index contributed by atoms with van der Waals surface area (Å²) in [6.45, 7) is 1.80. The van der Waals surface area contributed by atoms with E-state index in [4.69, 9.17) is 5.11 Å². The van der Waals surface area contributed by atoms with Crippen molar-refractivity contribution in [3.05, 3.63) is 57.8 Å². The largest absolute Gasteiger partial charge is 0.384 e. The maximum absolute atomic E-state index is 12.2. The fourth-order valence-electron chi connectivity index (χ4n) is 2.00. The number of rotatable bonds is 4. The van der Waals surface area contributed by atoms with Crippen LogP contribution in [0.15, 0.2) is 41.1 Å². The highest BCUT2D eigenvalue weighted by molar-refractivity contribution is 7.07. The number of carbonyl (C=O) groups is 1. The Labute approximate surface area is 128 Å². The Hall–Kier alpha value is -2.09. The first-order chi connectivity index (χ1) is 10.2. The average molecular weight is 299 g/mol. The monoisotopic (exact) mass is 299 g/mol. The van der Waals surface area contributed by atoms with Gasteiger partial charge in [-0.1, -0.05) is 17.9 Å². The van der Waals surface area contributed by atoms with Gasteiger partial charge < -0.3 is 10.4 Å². The minimum Gasteiger partial charge on any atom is -0.384 e. The summed E-state index contributed by atoms with van der Waals surface area (Å²) in [5, 5.41) is 15.8. The second-order valence-electron chi connectivity index (χ2n) is 4.75. The lowest BCUT2D eigenvalue weighted by atomic mass is 10.1. The van der Waals surface area contributed by atoms with Crippen LogP contribution in [0.3, 0.4) is 0 Å². The average Bonchev–Trinajstić information content (AvgIpc) is 2.98. The van der Waals surface area contributed by atoms with Crippen LogP contribution in [0, 0.1) is 11.8 Å². The van der Waals surface area contributed by atoms with E-state index in [1.165, 1.54) is 5.56 Å². The number of aliphatic hydroxyl groups is 1. The zero-order valence-electron chi connectivity index (χ0n) is 11.8. The molecule has 2 N–H and O–H groups in total. The summed E-state index contributed by atoms with van der Waals surface area (Å²) in [4.78, 5) is 12.2. The van der Waals surface area contributed by atoms with Gasteiger partial charge in [0.2, 0.25) is 0 Å². The van der Waals surface area contributed by atoms with Crippen LogP contribution in [0.1, 0.15) is 28.4 Å².